The predicted octanol–water partition coefficient (Wildman–Crippen LogP) is 2.38. The van der Waals surface area contributed by atoms with Crippen molar-refractivity contribution in [2.75, 3.05) is 7.11 Å². The summed E-state index contributed by atoms with van der Waals surface area (Å²) in [4.78, 5) is 32.6. The Morgan fingerprint density at radius 3 is 2.40 bits per heavy atom. The van der Waals surface area contributed by atoms with Crippen LogP contribution in [-0.4, -0.2) is 28.9 Å². The molecule has 1 N–H and O–H groups in total. The third kappa shape index (κ3) is 4.54. The number of carboxylic acids is 1. The molecular weight excluding hydrogens is 330 g/mol. The second-order valence-corrected chi connectivity index (χ2v) is 5.07. The maximum atomic E-state index is 11.4. The molecule has 8 nitrogen and oxygen atoms in total. The van der Waals surface area contributed by atoms with Crippen LogP contribution in [0.15, 0.2) is 42.5 Å². The summed E-state index contributed by atoms with van der Waals surface area (Å²) in [7, 11) is 1.33. The first kappa shape index (κ1) is 17.9. The van der Waals surface area contributed by atoms with Gasteiger partial charge in [-0.05, 0) is 11.6 Å². The molecule has 0 unspecified atom stereocenters. The molecule has 0 spiro atoms. The number of hydrogen-bond acceptors (Lipinski definition) is 6. The second kappa shape index (κ2) is 7.91. The zero-order valence-electron chi connectivity index (χ0n) is 13.3. The number of nitrogens with zero attached hydrogens (tertiary/aromatic N) is 1. The third-order valence-electron chi connectivity index (χ3n) is 3.39. The van der Waals surface area contributed by atoms with Gasteiger partial charge in [0.25, 0.3) is 5.69 Å². The number of rotatable bonds is 8. The Kier molecular flexibility index (Phi) is 5.67. The highest BCUT2D eigenvalue weighted by Crippen LogP contribution is 2.35. The summed E-state index contributed by atoms with van der Waals surface area (Å²) in [5.41, 5.74) is 0.408. The van der Waals surface area contributed by atoms with E-state index in [-0.39, 0.29) is 23.7 Å². The molecule has 8 heteroatoms. The summed E-state index contributed by atoms with van der Waals surface area (Å²) in [5, 5.41) is 19.9. The second-order valence-electron chi connectivity index (χ2n) is 5.07. The molecule has 0 heterocycles. The molecule has 0 amide bonds. The van der Waals surface area contributed by atoms with Gasteiger partial charge >= 0.3 is 5.97 Å². The van der Waals surface area contributed by atoms with Crippen molar-refractivity contribution in [2.24, 2.45) is 0 Å². The zero-order valence-corrected chi connectivity index (χ0v) is 13.3. The maximum absolute atomic E-state index is 11.4. The minimum absolute atomic E-state index is 0.0544. The van der Waals surface area contributed by atoms with E-state index in [0.29, 0.717) is 0 Å². The molecule has 0 aliphatic carbocycles. The lowest BCUT2D eigenvalue weighted by Crippen LogP contribution is -2.16. The Hall–Kier alpha value is -3.42. The van der Waals surface area contributed by atoms with Crippen LogP contribution in [-0.2, 0) is 22.6 Å². The van der Waals surface area contributed by atoms with E-state index in [4.69, 9.17) is 14.6 Å². The van der Waals surface area contributed by atoms with Crippen molar-refractivity contribution in [3.63, 3.8) is 0 Å². The molecule has 0 bridgehead atoms. The van der Waals surface area contributed by atoms with Crippen LogP contribution in [0, 0.1) is 10.1 Å². The number of carbonyl (C=O) groups excluding carboxylic acids is 1. The topological polar surface area (TPSA) is 116 Å². The minimum atomic E-state index is -1.66. The monoisotopic (exact) mass is 345 g/mol. The van der Waals surface area contributed by atoms with Crippen LogP contribution in [0.3, 0.4) is 0 Å². The number of carbonyl (C=O) groups is 2. The van der Waals surface area contributed by atoms with Gasteiger partial charge in [-0.25, -0.2) is 4.79 Å². The van der Waals surface area contributed by atoms with Crippen molar-refractivity contribution in [3.05, 3.63) is 63.7 Å². The van der Waals surface area contributed by atoms with Crippen LogP contribution in [0.5, 0.6) is 11.5 Å². The predicted molar refractivity (Wildman–Crippen MR) is 86.8 cm³/mol. The number of carboxylic acid groups (broad SMARTS) is 1. The Morgan fingerprint density at radius 1 is 1.16 bits per heavy atom. The van der Waals surface area contributed by atoms with Gasteiger partial charge in [0, 0.05) is 12.0 Å². The van der Waals surface area contributed by atoms with Crippen LogP contribution >= 0.6 is 0 Å². The summed E-state index contributed by atoms with van der Waals surface area (Å²) < 4.78 is 10.7. The summed E-state index contributed by atoms with van der Waals surface area (Å²) in [5.74, 6) is -2.50. The lowest BCUT2D eigenvalue weighted by molar-refractivity contribution is -0.385. The van der Waals surface area contributed by atoms with Crippen molar-refractivity contribution in [1.82, 2.24) is 0 Å². The van der Waals surface area contributed by atoms with E-state index in [0.717, 1.165) is 11.6 Å². The van der Waals surface area contributed by atoms with Gasteiger partial charge in [0.15, 0.2) is 11.5 Å². The smallest absolute Gasteiger partial charge is 0.372 e. The standard InChI is InChI=1S/C17H15NO7/c1-24-15-9-13(18(22)23)12(7-14(19)17(20)21)8-16(15)25-10-11-5-3-2-4-6-11/h2-6,8-9H,7,10H2,1H3,(H,20,21). The van der Waals surface area contributed by atoms with Crippen LogP contribution in [0.2, 0.25) is 0 Å². The van der Waals surface area contributed by atoms with Crippen LogP contribution < -0.4 is 9.47 Å². The van der Waals surface area contributed by atoms with Crippen LogP contribution in [0.25, 0.3) is 0 Å². The van der Waals surface area contributed by atoms with E-state index in [1.165, 1.54) is 13.2 Å². The first-order valence-electron chi connectivity index (χ1n) is 7.20. The SMILES string of the molecule is COc1cc([N+](=O)[O-])c(CC(=O)C(=O)O)cc1OCc1ccccc1. The van der Waals surface area contributed by atoms with E-state index in [1.54, 1.807) is 0 Å². The lowest BCUT2D eigenvalue weighted by atomic mass is 10.1. The number of ether oxygens (including phenoxy) is 2. The first-order valence-corrected chi connectivity index (χ1v) is 7.20. The minimum Gasteiger partial charge on any atom is -0.493 e. The van der Waals surface area contributed by atoms with E-state index in [9.17, 15) is 19.7 Å². The van der Waals surface area contributed by atoms with Crippen molar-refractivity contribution >= 4 is 17.4 Å². The molecule has 130 valence electrons. The highest BCUT2D eigenvalue weighted by molar-refractivity contribution is 6.33. The number of Topliss-reactive ketones (excluding diaryl/α,β-unsaturated/α-hetero) is 1. The van der Waals surface area contributed by atoms with E-state index < -0.39 is 28.8 Å². The van der Waals surface area contributed by atoms with Crippen LogP contribution in [0.1, 0.15) is 11.1 Å². The van der Waals surface area contributed by atoms with Gasteiger partial charge < -0.3 is 14.6 Å². The van der Waals surface area contributed by atoms with E-state index in [1.807, 2.05) is 30.3 Å². The number of benzene rings is 2. The Morgan fingerprint density at radius 2 is 1.84 bits per heavy atom. The van der Waals surface area contributed by atoms with Gasteiger partial charge in [0.2, 0.25) is 5.78 Å². The molecular formula is C17H15NO7. The summed E-state index contributed by atoms with van der Waals surface area (Å²) >= 11 is 0. The molecule has 0 saturated carbocycles. The average Bonchev–Trinajstić information content (AvgIpc) is 2.60. The van der Waals surface area contributed by atoms with Gasteiger partial charge in [-0.15, -0.1) is 0 Å². The van der Waals surface area contributed by atoms with Gasteiger partial charge in [0.05, 0.1) is 18.1 Å². The van der Waals surface area contributed by atoms with Crippen molar-refractivity contribution in [1.29, 1.82) is 0 Å². The van der Waals surface area contributed by atoms with Crippen molar-refractivity contribution in [3.8, 4) is 11.5 Å². The van der Waals surface area contributed by atoms with Crippen molar-refractivity contribution < 1.29 is 29.1 Å². The third-order valence-corrected chi connectivity index (χ3v) is 3.39. The molecule has 2 rings (SSSR count). The molecule has 25 heavy (non-hydrogen) atoms. The lowest BCUT2D eigenvalue weighted by Gasteiger charge is -2.12. The molecule has 0 aliphatic heterocycles. The maximum Gasteiger partial charge on any atom is 0.372 e. The number of nitro benzene ring substituents is 1. The molecule has 0 saturated heterocycles. The Bertz CT molecular complexity index is 802. The van der Waals surface area contributed by atoms with Gasteiger partial charge in [-0.3, -0.25) is 14.9 Å². The quantitative estimate of drug-likeness (QED) is 0.443. The molecule has 0 radical (unpaired) electrons. The molecule has 0 atom stereocenters. The molecule has 2 aromatic rings. The average molecular weight is 345 g/mol. The number of methoxy groups -OCH3 is 1. The number of ketones is 1. The Balaban J connectivity index is 2.35. The molecule has 0 fully saturated rings. The van der Waals surface area contributed by atoms with Gasteiger partial charge in [-0.1, -0.05) is 30.3 Å². The number of hydrogen-bond donors (Lipinski definition) is 1. The summed E-state index contributed by atoms with van der Waals surface area (Å²) in [6, 6.07) is 11.6. The molecule has 0 aromatic heterocycles. The van der Waals surface area contributed by atoms with Crippen molar-refractivity contribution in [2.45, 2.75) is 13.0 Å². The molecule has 2 aromatic carbocycles. The van der Waals surface area contributed by atoms with Crippen LogP contribution in [0.4, 0.5) is 5.69 Å². The van der Waals surface area contributed by atoms with Gasteiger partial charge in [-0.2, -0.15) is 0 Å². The van der Waals surface area contributed by atoms with E-state index in [2.05, 4.69) is 0 Å². The largest absolute Gasteiger partial charge is 0.493 e. The fraction of sp³-hybridized carbons (Fsp3) is 0.176. The number of aliphatic carboxylic acids is 1. The highest BCUT2D eigenvalue weighted by atomic mass is 16.6. The highest BCUT2D eigenvalue weighted by Gasteiger charge is 2.24. The molecule has 0 aliphatic rings. The Labute approximate surface area is 142 Å². The fourth-order valence-electron chi connectivity index (χ4n) is 2.16. The van der Waals surface area contributed by atoms with E-state index >= 15 is 0 Å². The summed E-state index contributed by atoms with van der Waals surface area (Å²) in [6.07, 6.45) is -0.614. The summed E-state index contributed by atoms with van der Waals surface area (Å²) in [6.45, 7) is 0.182. The zero-order chi connectivity index (χ0) is 18.4. The number of nitro groups is 1. The normalized spacial score (nSPS) is 10.1. The fourth-order valence-corrected chi connectivity index (χ4v) is 2.16. The van der Waals surface area contributed by atoms with Gasteiger partial charge in [0.1, 0.15) is 6.61 Å². The first-order chi connectivity index (χ1) is 11.9.